The van der Waals surface area contributed by atoms with Gasteiger partial charge in [0.15, 0.2) is 5.75 Å². The Morgan fingerprint density at radius 3 is 2.65 bits per heavy atom. The number of nitrogens with zero attached hydrogens (tertiary/aromatic N) is 2. The Hall–Kier alpha value is -4.19. The van der Waals surface area contributed by atoms with Gasteiger partial charge in [0.25, 0.3) is 11.8 Å². The summed E-state index contributed by atoms with van der Waals surface area (Å²) >= 11 is 0. The quantitative estimate of drug-likeness (QED) is 0.495. The molecule has 6 heteroatoms. The Morgan fingerprint density at radius 1 is 0.968 bits per heavy atom. The summed E-state index contributed by atoms with van der Waals surface area (Å²) in [6.07, 6.45) is 0. The number of fused-ring (bicyclic) bond motifs is 3. The van der Waals surface area contributed by atoms with E-state index in [-0.39, 0.29) is 11.8 Å². The van der Waals surface area contributed by atoms with Crippen LogP contribution in [-0.2, 0) is 0 Å². The highest BCUT2D eigenvalue weighted by atomic mass is 16.5. The van der Waals surface area contributed by atoms with Crippen LogP contribution < -0.4 is 15.0 Å². The number of nitrogens with one attached hydrogen (secondary N) is 1. The van der Waals surface area contributed by atoms with Gasteiger partial charge in [-0.3, -0.25) is 9.59 Å². The highest BCUT2D eigenvalue weighted by molar-refractivity contribution is 6.11. The number of ether oxygens (including phenoxy) is 1. The molecule has 1 aliphatic rings. The molecule has 0 radical (unpaired) electrons. The van der Waals surface area contributed by atoms with Crippen LogP contribution in [0.15, 0.2) is 72.8 Å². The topological polar surface area (TPSA) is 71.5 Å². The normalized spacial score (nSPS) is 12.6. The molecule has 0 atom stereocenters. The molecule has 0 saturated heterocycles. The van der Waals surface area contributed by atoms with Crippen molar-refractivity contribution in [1.82, 2.24) is 4.98 Å². The van der Waals surface area contributed by atoms with Crippen molar-refractivity contribution in [3.63, 3.8) is 0 Å². The van der Waals surface area contributed by atoms with Gasteiger partial charge in [-0.25, -0.2) is 4.98 Å². The number of anilines is 2. The molecule has 6 nitrogen and oxygen atoms in total. The number of amides is 2. The Balaban J connectivity index is 1.45. The van der Waals surface area contributed by atoms with E-state index in [9.17, 15) is 9.59 Å². The van der Waals surface area contributed by atoms with Crippen LogP contribution in [0.5, 0.6) is 11.5 Å². The number of hydrogen-bond donors (Lipinski definition) is 1. The van der Waals surface area contributed by atoms with E-state index in [1.165, 1.54) is 0 Å². The number of carbonyl (C=O) groups excluding carboxylic acids is 2. The first-order valence-electron chi connectivity index (χ1n) is 9.87. The van der Waals surface area contributed by atoms with Crippen LogP contribution >= 0.6 is 0 Å². The largest absolute Gasteiger partial charge is 0.454 e. The lowest BCUT2D eigenvalue weighted by molar-refractivity contribution is 0.0989. The van der Waals surface area contributed by atoms with Gasteiger partial charge in [0.1, 0.15) is 11.4 Å². The molecule has 0 bridgehead atoms. The Morgan fingerprint density at radius 2 is 1.77 bits per heavy atom. The third kappa shape index (κ3) is 3.38. The minimum absolute atomic E-state index is 0.209. The molecule has 152 valence electrons. The first-order valence-corrected chi connectivity index (χ1v) is 9.87. The van der Waals surface area contributed by atoms with Crippen molar-refractivity contribution < 1.29 is 14.3 Å². The van der Waals surface area contributed by atoms with Crippen LogP contribution in [0.2, 0.25) is 0 Å². The summed E-state index contributed by atoms with van der Waals surface area (Å²) in [4.78, 5) is 31.8. The SMILES string of the molecule is Cc1ccc2c(c1)N(C)C(=O)c1cc(NC(=O)c3ccc4ccccc4n3)ccc1O2. The summed E-state index contributed by atoms with van der Waals surface area (Å²) in [6, 6.07) is 21.9. The van der Waals surface area contributed by atoms with E-state index < -0.39 is 0 Å². The van der Waals surface area contributed by atoms with Crippen LogP contribution in [0.1, 0.15) is 26.4 Å². The predicted molar refractivity (Wildman–Crippen MR) is 120 cm³/mol. The van der Waals surface area contributed by atoms with E-state index in [1.54, 1.807) is 36.2 Å². The van der Waals surface area contributed by atoms with Gasteiger partial charge in [-0.2, -0.15) is 0 Å². The van der Waals surface area contributed by atoms with Crippen molar-refractivity contribution in [2.24, 2.45) is 0 Å². The third-order valence-electron chi connectivity index (χ3n) is 5.30. The summed E-state index contributed by atoms with van der Waals surface area (Å²) in [7, 11) is 1.71. The summed E-state index contributed by atoms with van der Waals surface area (Å²) in [5.41, 5.74) is 3.65. The van der Waals surface area contributed by atoms with Crippen molar-refractivity contribution in [2.75, 3.05) is 17.3 Å². The molecule has 1 aromatic heterocycles. The van der Waals surface area contributed by atoms with Gasteiger partial charge in [-0.15, -0.1) is 0 Å². The highest BCUT2D eigenvalue weighted by Crippen LogP contribution is 2.39. The van der Waals surface area contributed by atoms with Crippen LogP contribution in [0.4, 0.5) is 11.4 Å². The van der Waals surface area contributed by atoms with Crippen LogP contribution in [0.3, 0.4) is 0 Å². The monoisotopic (exact) mass is 409 g/mol. The van der Waals surface area contributed by atoms with Crippen LogP contribution in [-0.4, -0.2) is 23.8 Å². The van der Waals surface area contributed by atoms with Gasteiger partial charge >= 0.3 is 0 Å². The van der Waals surface area contributed by atoms with Crippen molar-refractivity contribution in [3.8, 4) is 11.5 Å². The number of pyridine rings is 1. The maximum absolute atomic E-state index is 13.1. The zero-order valence-electron chi connectivity index (χ0n) is 17.0. The zero-order valence-corrected chi connectivity index (χ0v) is 17.0. The number of benzene rings is 3. The summed E-state index contributed by atoms with van der Waals surface area (Å²) in [5, 5.41) is 3.79. The maximum Gasteiger partial charge on any atom is 0.274 e. The van der Waals surface area contributed by atoms with E-state index in [0.29, 0.717) is 34.1 Å². The number of aromatic nitrogens is 1. The average Bonchev–Trinajstić information content (AvgIpc) is 2.88. The van der Waals surface area contributed by atoms with Gasteiger partial charge in [0.2, 0.25) is 0 Å². The van der Waals surface area contributed by atoms with E-state index in [4.69, 9.17) is 4.74 Å². The minimum Gasteiger partial charge on any atom is -0.454 e. The number of para-hydroxylation sites is 1. The number of hydrogen-bond acceptors (Lipinski definition) is 4. The van der Waals surface area contributed by atoms with Crippen molar-refractivity contribution in [1.29, 1.82) is 0 Å². The number of carbonyl (C=O) groups is 2. The van der Waals surface area contributed by atoms with E-state index in [1.807, 2.05) is 55.5 Å². The highest BCUT2D eigenvalue weighted by Gasteiger charge is 2.26. The molecule has 4 aromatic rings. The fraction of sp³-hybridized carbons (Fsp3) is 0.0800. The third-order valence-corrected chi connectivity index (χ3v) is 5.30. The lowest BCUT2D eigenvalue weighted by atomic mass is 10.1. The molecule has 1 aliphatic heterocycles. The van der Waals surface area contributed by atoms with E-state index >= 15 is 0 Å². The first-order chi connectivity index (χ1) is 15.0. The molecular weight excluding hydrogens is 390 g/mol. The Kier molecular flexibility index (Phi) is 4.40. The van der Waals surface area contributed by atoms with Gasteiger partial charge in [-0.1, -0.05) is 30.3 Å². The van der Waals surface area contributed by atoms with Gasteiger partial charge in [0.05, 0.1) is 16.8 Å². The lowest BCUT2D eigenvalue weighted by Crippen LogP contribution is -2.25. The van der Waals surface area contributed by atoms with Gasteiger partial charge in [-0.05, 0) is 55.0 Å². The smallest absolute Gasteiger partial charge is 0.274 e. The fourth-order valence-corrected chi connectivity index (χ4v) is 3.64. The second-order valence-corrected chi connectivity index (χ2v) is 7.49. The molecule has 1 N–H and O–H groups in total. The number of aryl methyl sites for hydroxylation is 1. The Bertz CT molecular complexity index is 1360. The molecule has 0 fully saturated rings. The molecule has 5 rings (SSSR count). The molecule has 0 aliphatic carbocycles. The predicted octanol–water partition coefficient (Wildman–Crippen LogP) is 5.18. The summed E-state index contributed by atoms with van der Waals surface area (Å²) in [5.74, 6) is 0.498. The lowest BCUT2D eigenvalue weighted by Gasteiger charge is -2.16. The summed E-state index contributed by atoms with van der Waals surface area (Å²) in [6.45, 7) is 1.96. The van der Waals surface area contributed by atoms with Gasteiger partial charge in [0, 0.05) is 18.1 Å². The van der Waals surface area contributed by atoms with Crippen molar-refractivity contribution in [2.45, 2.75) is 6.92 Å². The van der Waals surface area contributed by atoms with Crippen LogP contribution in [0.25, 0.3) is 10.9 Å². The molecule has 0 saturated carbocycles. The molecule has 0 unspecified atom stereocenters. The van der Waals surface area contributed by atoms with E-state index in [0.717, 1.165) is 16.5 Å². The van der Waals surface area contributed by atoms with E-state index in [2.05, 4.69) is 10.3 Å². The second-order valence-electron chi connectivity index (χ2n) is 7.49. The summed E-state index contributed by atoms with van der Waals surface area (Å²) < 4.78 is 6.00. The zero-order chi connectivity index (χ0) is 21.5. The molecule has 2 amide bonds. The fourth-order valence-electron chi connectivity index (χ4n) is 3.64. The maximum atomic E-state index is 13.1. The number of rotatable bonds is 2. The molecule has 2 heterocycles. The minimum atomic E-state index is -0.347. The second kappa shape index (κ2) is 7.25. The first kappa shape index (κ1) is 18.8. The van der Waals surface area contributed by atoms with Crippen molar-refractivity contribution >= 4 is 34.1 Å². The average molecular weight is 409 g/mol. The molecule has 31 heavy (non-hydrogen) atoms. The van der Waals surface area contributed by atoms with Gasteiger partial charge < -0.3 is 15.0 Å². The Labute approximate surface area is 179 Å². The molecule has 0 spiro atoms. The molecular formula is C25H19N3O3. The van der Waals surface area contributed by atoms with Crippen molar-refractivity contribution in [3.05, 3.63) is 89.6 Å². The molecule has 3 aromatic carbocycles. The van der Waals surface area contributed by atoms with Crippen LogP contribution in [0, 0.1) is 6.92 Å². The standard InChI is InChI=1S/C25H19N3O3/c1-15-7-11-23-21(13-15)28(2)25(30)18-14-17(9-12-22(18)31-23)26-24(29)20-10-8-16-5-3-4-6-19(16)27-20/h3-14H,1-2H3,(H,26,29).